The van der Waals surface area contributed by atoms with Crippen LogP contribution in [0.5, 0.6) is 0 Å². The van der Waals surface area contributed by atoms with Crippen molar-refractivity contribution in [2.24, 2.45) is 0 Å². The van der Waals surface area contributed by atoms with E-state index in [2.05, 4.69) is 59.2 Å². The molecule has 0 spiro atoms. The van der Waals surface area contributed by atoms with Crippen LogP contribution in [0.3, 0.4) is 0 Å². The van der Waals surface area contributed by atoms with Crippen molar-refractivity contribution in [3.8, 4) is 11.3 Å². The molecule has 2 aromatic carbocycles. The molecule has 1 saturated carbocycles. The predicted molar refractivity (Wildman–Crippen MR) is 141 cm³/mol. The van der Waals surface area contributed by atoms with Gasteiger partial charge in [0.1, 0.15) is 5.01 Å². The van der Waals surface area contributed by atoms with Crippen LogP contribution in [0.4, 0.5) is 5.69 Å². The monoisotopic (exact) mass is 477 g/mol. The van der Waals surface area contributed by atoms with E-state index in [1.54, 1.807) is 11.3 Å². The van der Waals surface area contributed by atoms with Crippen molar-refractivity contribution >= 4 is 23.0 Å². The Morgan fingerprint density at radius 1 is 1.09 bits per heavy atom. The van der Waals surface area contributed by atoms with E-state index >= 15 is 0 Å². The van der Waals surface area contributed by atoms with Crippen LogP contribution >= 0.6 is 11.3 Å². The molecule has 0 radical (unpaired) electrons. The van der Waals surface area contributed by atoms with E-state index in [1.807, 2.05) is 11.9 Å². The van der Waals surface area contributed by atoms with E-state index in [-0.39, 0.29) is 6.42 Å². The quantitative estimate of drug-likeness (QED) is 0.334. The number of carboxylic acid groups (broad SMARTS) is 1. The minimum Gasteiger partial charge on any atom is -0.481 e. The van der Waals surface area contributed by atoms with E-state index in [1.165, 1.54) is 43.2 Å². The minimum atomic E-state index is -0.770. The zero-order valence-electron chi connectivity index (χ0n) is 20.0. The van der Waals surface area contributed by atoms with Crippen LogP contribution in [0.15, 0.2) is 53.9 Å². The second kappa shape index (κ2) is 12.1. The van der Waals surface area contributed by atoms with Gasteiger partial charge in [0.05, 0.1) is 18.7 Å². The highest BCUT2D eigenvalue weighted by Crippen LogP contribution is 2.32. The largest absolute Gasteiger partial charge is 0.481 e. The number of nitrogens with zero attached hydrogens (tertiary/aromatic N) is 2. The molecule has 0 bridgehead atoms. The van der Waals surface area contributed by atoms with Crippen LogP contribution in [-0.2, 0) is 17.8 Å². The van der Waals surface area contributed by atoms with Gasteiger partial charge in [-0.15, -0.1) is 11.3 Å². The summed E-state index contributed by atoms with van der Waals surface area (Å²) in [6.07, 6.45) is 8.02. The molecule has 4 rings (SSSR count). The highest BCUT2D eigenvalue weighted by molar-refractivity contribution is 7.09. The summed E-state index contributed by atoms with van der Waals surface area (Å²) in [6, 6.07) is 17.7. The third-order valence-corrected chi connectivity index (χ3v) is 7.48. The third-order valence-electron chi connectivity index (χ3n) is 6.64. The SMILES string of the molecule is CN(CCC(=O)O)Cc1nc(-c2ccc(NCCc3ccc(C4CCCCC4)cc3)cc2)cs1. The Morgan fingerprint density at radius 2 is 1.82 bits per heavy atom. The normalized spacial score (nSPS) is 14.4. The first kappa shape index (κ1) is 24.4. The molecule has 2 N–H and O–H groups in total. The van der Waals surface area contributed by atoms with Gasteiger partial charge >= 0.3 is 5.97 Å². The standard InChI is InChI=1S/C28H35N3O2S/c1-31(18-16-28(32)33)19-27-30-26(20-34-27)24-11-13-25(14-12-24)29-17-15-21-7-9-23(10-8-21)22-5-3-2-4-6-22/h7-14,20,22,29H,2-6,15-19H2,1H3,(H,32,33). The summed E-state index contributed by atoms with van der Waals surface area (Å²) in [7, 11) is 1.93. The zero-order valence-corrected chi connectivity index (χ0v) is 20.8. The number of aliphatic carboxylic acids is 1. The summed E-state index contributed by atoms with van der Waals surface area (Å²) in [5.74, 6) is -0.000905. The summed E-state index contributed by atoms with van der Waals surface area (Å²) in [4.78, 5) is 17.5. The fourth-order valence-electron chi connectivity index (χ4n) is 4.61. The Balaban J connectivity index is 1.23. The number of hydrogen-bond acceptors (Lipinski definition) is 5. The predicted octanol–water partition coefficient (Wildman–Crippen LogP) is 6.42. The lowest BCUT2D eigenvalue weighted by atomic mass is 9.84. The van der Waals surface area contributed by atoms with Crippen molar-refractivity contribution in [2.75, 3.05) is 25.5 Å². The molecule has 1 aliphatic carbocycles. The summed E-state index contributed by atoms with van der Waals surface area (Å²) >= 11 is 1.62. The van der Waals surface area contributed by atoms with Gasteiger partial charge in [-0.05, 0) is 55.5 Å². The minimum absolute atomic E-state index is 0.148. The van der Waals surface area contributed by atoms with Gasteiger partial charge in [0.15, 0.2) is 0 Å². The summed E-state index contributed by atoms with van der Waals surface area (Å²) < 4.78 is 0. The molecule has 0 saturated heterocycles. The average molecular weight is 478 g/mol. The maximum Gasteiger partial charge on any atom is 0.304 e. The number of anilines is 1. The Kier molecular flexibility index (Phi) is 8.72. The smallest absolute Gasteiger partial charge is 0.304 e. The molecule has 0 amide bonds. The summed E-state index contributed by atoms with van der Waals surface area (Å²) in [6.45, 7) is 2.10. The van der Waals surface area contributed by atoms with Crippen LogP contribution in [0.2, 0.25) is 0 Å². The lowest BCUT2D eigenvalue weighted by molar-refractivity contribution is -0.137. The number of benzene rings is 2. The zero-order chi connectivity index (χ0) is 23.8. The number of thiazole rings is 1. The summed E-state index contributed by atoms with van der Waals surface area (Å²) in [5.41, 5.74) is 6.08. The van der Waals surface area contributed by atoms with E-state index in [0.29, 0.717) is 13.1 Å². The molecule has 1 fully saturated rings. The number of nitrogens with one attached hydrogen (secondary N) is 1. The highest BCUT2D eigenvalue weighted by Gasteiger charge is 2.15. The molecule has 0 unspecified atom stereocenters. The lowest BCUT2D eigenvalue weighted by Crippen LogP contribution is -2.21. The number of carboxylic acids is 1. The van der Waals surface area contributed by atoms with Crippen molar-refractivity contribution in [3.63, 3.8) is 0 Å². The van der Waals surface area contributed by atoms with E-state index in [9.17, 15) is 4.79 Å². The highest BCUT2D eigenvalue weighted by atomic mass is 32.1. The average Bonchev–Trinajstić information content (AvgIpc) is 3.32. The first-order valence-corrected chi connectivity index (χ1v) is 13.2. The first-order chi connectivity index (χ1) is 16.6. The molecule has 3 aromatic rings. The maximum atomic E-state index is 10.7. The molecule has 1 heterocycles. The Labute approximate surface area is 206 Å². The van der Waals surface area contributed by atoms with E-state index in [4.69, 9.17) is 10.1 Å². The lowest BCUT2D eigenvalue weighted by Gasteiger charge is -2.22. The fourth-order valence-corrected chi connectivity index (χ4v) is 5.50. The number of hydrogen-bond donors (Lipinski definition) is 2. The van der Waals surface area contributed by atoms with Gasteiger partial charge in [-0.3, -0.25) is 9.69 Å². The molecule has 0 atom stereocenters. The first-order valence-electron chi connectivity index (χ1n) is 12.3. The van der Waals surface area contributed by atoms with Gasteiger partial charge in [0, 0.05) is 29.7 Å². The molecular formula is C28H35N3O2S. The van der Waals surface area contributed by atoms with Crippen LogP contribution in [0, 0.1) is 0 Å². The Morgan fingerprint density at radius 3 is 2.53 bits per heavy atom. The molecule has 1 aliphatic rings. The molecular weight excluding hydrogens is 442 g/mol. The molecule has 1 aromatic heterocycles. The fraction of sp³-hybridized carbons (Fsp3) is 0.429. The van der Waals surface area contributed by atoms with Crippen LogP contribution in [-0.4, -0.2) is 41.1 Å². The van der Waals surface area contributed by atoms with Gasteiger partial charge in [-0.1, -0.05) is 55.7 Å². The summed E-state index contributed by atoms with van der Waals surface area (Å²) in [5, 5.41) is 15.4. The number of aromatic nitrogens is 1. The third kappa shape index (κ3) is 7.15. The van der Waals surface area contributed by atoms with Crippen LogP contribution in [0.25, 0.3) is 11.3 Å². The van der Waals surface area contributed by atoms with E-state index in [0.717, 1.165) is 40.8 Å². The van der Waals surface area contributed by atoms with E-state index < -0.39 is 5.97 Å². The van der Waals surface area contributed by atoms with Crippen molar-refractivity contribution in [1.82, 2.24) is 9.88 Å². The van der Waals surface area contributed by atoms with Crippen molar-refractivity contribution in [2.45, 2.75) is 57.4 Å². The van der Waals surface area contributed by atoms with Gasteiger partial charge in [0.25, 0.3) is 0 Å². The Hall–Kier alpha value is -2.70. The van der Waals surface area contributed by atoms with Gasteiger partial charge in [-0.25, -0.2) is 4.98 Å². The van der Waals surface area contributed by atoms with Gasteiger partial charge < -0.3 is 10.4 Å². The number of carbonyl (C=O) groups is 1. The van der Waals surface area contributed by atoms with Crippen LogP contribution < -0.4 is 5.32 Å². The Bertz CT molecular complexity index is 1040. The number of rotatable bonds is 11. The van der Waals surface area contributed by atoms with Crippen molar-refractivity contribution in [1.29, 1.82) is 0 Å². The molecule has 180 valence electrons. The second-order valence-electron chi connectivity index (χ2n) is 9.34. The molecule has 5 nitrogen and oxygen atoms in total. The molecule has 34 heavy (non-hydrogen) atoms. The second-order valence-corrected chi connectivity index (χ2v) is 10.3. The van der Waals surface area contributed by atoms with Crippen LogP contribution in [0.1, 0.15) is 60.6 Å². The molecule has 0 aliphatic heterocycles. The van der Waals surface area contributed by atoms with Gasteiger partial charge in [0.2, 0.25) is 0 Å². The maximum absolute atomic E-state index is 10.7. The van der Waals surface area contributed by atoms with Crippen molar-refractivity contribution < 1.29 is 9.90 Å². The van der Waals surface area contributed by atoms with Gasteiger partial charge in [-0.2, -0.15) is 0 Å². The topological polar surface area (TPSA) is 65.5 Å². The molecule has 6 heteroatoms. The van der Waals surface area contributed by atoms with Crippen molar-refractivity contribution in [3.05, 3.63) is 70.0 Å².